The minimum Gasteiger partial charge on any atom is -0.492 e. The van der Waals surface area contributed by atoms with Gasteiger partial charge < -0.3 is 14.2 Å². The van der Waals surface area contributed by atoms with Crippen LogP contribution in [0.15, 0.2) is 72.8 Å². The highest BCUT2D eigenvalue weighted by Crippen LogP contribution is 2.37. The lowest BCUT2D eigenvalue weighted by Gasteiger charge is -2.20. The second-order valence-corrected chi connectivity index (χ2v) is 8.28. The number of carbonyl (C=O) groups is 1. The van der Waals surface area contributed by atoms with Gasteiger partial charge in [0.15, 0.2) is 0 Å². The van der Waals surface area contributed by atoms with E-state index in [0.717, 1.165) is 34.8 Å². The minimum atomic E-state index is 0.0219. The van der Waals surface area contributed by atoms with E-state index in [1.54, 1.807) is 0 Å². The SMILES string of the molecule is CCOc1ccccc1N1C[C@@H](c2nc3ccccc3n2Cc2ccccc2C)CC1=O. The van der Waals surface area contributed by atoms with Gasteiger partial charge in [-0.05, 0) is 49.2 Å². The van der Waals surface area contributed by atoms with Crippen LogP contribution >= 0.6 is 0 Å². The van der Waals surface area contributed by atoms with Crippen LogP contribution in [0.2, 0.25) is 0 Å². The van der Waals surface area contributed by atoms with Crippen LogP contribution in [0.1, 0.15) is 36.2 Å². The Morgan fingerprint density at radius 2 is 1.75 bits per heavy atom. The molecule has 4 aromatic rings. The summed E-state index contributed by atoms with van der Waals surface area (Å²) in [5, 5.41) is 0. The standard InChI is InChI=1S/C27H27N3O2/c1-3-32-25-15-9-8-14-24(25)29-18-21(16-26(29)31)27-28-22-12-6-7-13-23(22)30(27)17-20-11-5-4-10-19(20)2/h4-15,21H,3,16-18H2,1-2H3/t21-/m0/s1. The second kappa shape index (κ2) is 8.50. The van der Waals surface area contributed by atoms with Crippen molar-refractivity contribution in [1.29, 1.82) is 0 Å². The lowest BCUT2D eigenvalue weighted by atomic mass is 10.1. The van der Waals surface area contributed by atoms with E-state index < -0.39 is 0 Å². The number of carbonyl (C=O) groups excluding carboxylic acids is 1. The summed E-state index contributed by atoms with van der Waals surface area (Å²) in [6.45, 7) is 6.00. The molecule has 1 amide bonds. The van der Waals surface area contributed by atoms with Crippen LogP contribution in [0.3, 0.4) is 0 Å². The van der Waals surface area contributed by atoms with Gasteiger partial charge in [0, 0.05) is 25.4 Å². The number of anilines is 1. The van der Waals surface area contributed by atoms with E-state index in [1.807, 2.05) is 54.3 Å². The summed E-state index contributed by atoms with van der Waals surface area (Å²) in [7, 11) is 0. The Morgan fingerprint density at radius 3 is 2.59 bits per heavy atom. The predicted octanol–water partition coefficient (Wildman–Crippen LogP) is 5.31. The van der Waals surface area contributed by atoms with Gasteiger partial charge in [-0.3, -0.25) is 4.79 Å². The molecule has 1 saturated heterocycles. The summed E-state index contributed by atoms with van der Waals surface area (Å²) in [4.78, 5) is 19.9. The maximum Gasteiger partial charge on any atom is 0.227 e. The molecule has 0 saturated carbocycles. The van der Waals surface area contributed by atoms with Crippen LogP contribution in [0.4, 0.5) is 5.69 Å². The van der Waals surface area contributed by atoms with Crippen LogP contribution in [0.25, 0.3) is 11.0 Å². The van der Waals surface area contributed by atoms with Gasteiger partial charge in [0.1, 0.15) is 11.6 Å². The number of imidazole rings is 1. The van der Waals surface area contributed by atoms with Crippen molar-refractivity contribution in [2.24, 2.45) is 0 Å². The topological polar surface area (TPSA) is 47.4 Å². The molecule has 1 aliphatic heterocycles. The molecule has 5 rings (SSSR count). The minimum absolute atomic E-state index is 0.0219. The van der Waals surface area contributed by atoms with Gasteiger partial charge in [-0.25, -0.2) is 4.98 Å². The fourth-order valence-electron chi connectivity index (χ4n) is 4.60. The third-order valence-electron chi connectivity index (χ3n) is 6.22. The maximum absolute atomic E-state index is 13.1. The molecule has 162 valence electrons. The zero-order valence-corrected chi connectivity index (χ0v) is 18.5. The number of benzene rings is 3. The molecule has 2 heterocycles. The number of ether oxygens (including phenoxy) is 1. The smallest absolute Gasteiger partial charge is 0.227 e. The second-order valence-electron chi connectivity index (χ2n) is 8.28. The third-order valence-corrected chi connectivity index (χ3v) is 6.22. The van der Waals surface area contributed by atoms with E-state index in [4.69, 9.17) is 9.72 Å². The lowest BCUT2D eigenvalue weighted by molar-refractivity contribution is -0.117. The Labute approximate surface area is 188 Å². The number of aryl methyl sites for hydroxylation is 1. The average molecular weight is 426 g/mol. The molecule has 0 bridgehead atoms. The number of rotatable bonds is 6. The van der Waals surface area contributed by atoms with E-state index in [0.29, 0.717) is 19.6 Å². The van der Waals surface area contributed by atoms with Crippen molar-refractivity contribution >= 4 is 22.6 Å². The van der Waals surface area contributed by atoms with Crippen LogP contribution in [0, 0.1) is 6.92 Å². The van der Waals surface area contributed by atoms with E-state index >= 15 is 0 Å². The third kappa shape index (κ3) is 3.64. The molecule has 5 nitrogen and oxygen atoms in total. The molecule has 32 heavy (non-hydrogen) atoms. The maximum atomic E-state index is 13.1. The Bertz CT molecular complexity index is 1280. The quantitative estimate of drug-likeness (QED) is 0.420. The van der Waals surface area contributed by atoms with Gasteiger partial charge in [0.2, 0.25) is 5.91 Å². The monoisotopic (exact) mass is 425 g/mol. The largest absolute Gasteiger partial charge is 0.492 e. The van der Waals surface area contributed by atoms with E-state index in [-0.39, 0.29) is 11.8 Å². The highest BCUT2D eigenvalue weighted by molar-refractivity contribution is 5.97. The Hall–Kier alpha value is -3.60. The normalized spacial score (nSPS) is 16.1. The summed E-state index contributed by atoms with van der Waals surface area (Å²) in [6.07, 6.45) is 0.442. The van der Waals surface area contributed by atoms with Crippen LogP contribution in [-0.4, -0.2) is 28.6 Å². The molecule has 1 aromatic heterocycles. The first-order valence-corrected chi connectivity index (χ1v) is 11.2. The molecule has 0 spiro atoms. The number of fused-ring (bicyclic) bond motifs is 1. The summed E-state index contributed by atoms with van der Waals surface area (Å²) in [5.41, 5.74) is 5.43. The highest BCUT2D eigenvalue weighted by atomic mass is 16.5. The van der Waals surface area contributed by atoms with Gasteiger partial charge in [-0.15, -0.1) is 0 Å². The number of aromatic nitrogens is 2. The summed E-state index contributed by atoms with van der Waals surface area (Å²) < 4.78 is 8.07. The number of hydrogen-bond acceptors (Lipinski definition) is 3. The molecule has 0 radical (unpaired) electrons. The van der Waals surface area contributed by atoms with Gasteiger partial charge in [0.05, 0.1) is 23.3 Å². The predicted molar refractivity (Wildman–Crippen MR) is 127 cm³/mol. The number of hydrogen-bond donors (Lipinski definition) is 0. The van der Waals surface area contributed by atoms with Crippen molar-refractivity contribution in [2.45, 2.75) is 32.7 Å². The molecular formula is C27H27N3O2. The zero-order chi connectivity index (χ0) is 22.1. The fraction of sp³-hybridized carbons (Fsp3) is 0.259. The number of para-hydroxylation sites is 4. The van der Waals surface area contributed by atoms with Crippen LogP contribution in [-0.2, 0) is 11.3 Å². The van der Waals surface area contributed by atoms with Gasteiger partial charge >= 0.3 is 0 Å². The molecule has 1 aliphatic rings. The molecule has 0 N–H and O–H groups in total. The fourth-order valence-corrected chi connectivity index (χ4v) is 4.60. The number of amides is 1. The molecule has 1 atom stereocenters. The van der Waals surface area contributed by atoms with Crippen LogP contribution in [0.5, 0.6) is 5.75 Å². The van der Waals surface area contributed by atoms with Crippen molar-refractivity contribution in [1.82, 2.24) is 9.55 Å². The van der Waals surface area contributed by atoms with Crippen LogP contribution < -0.4 is 9.64 Å². The van der Waals surface area contributed by atoms with Crippen molar-refractivity contribution < 1.29 is 9.53 Å². The van der Waals surface area contributed by atoms with Gasteiger partial charge in [-0.2, -0.15) is 0 Å². The molecule has 5 heteroatoms. The van der Waals surface area contributed by atoms with Crippen molar-refractivity contribution in [2.75, 3.05) is 18.1 Å². The molecular weight excluding hydrogens is 398 g/mol. The van der Waals surface area contributed by atoms with E-state index in [1.165, 1.54) is 11.1 Å². The molecule has 3 aromatic carbocycles. The summed E-state index contributed by atoms with van der Waals surface area (Å²) in [6, 6.07) is 24.4. The van der Waals surface area contributed by atoms with E-state index in [2.05, 4.69) is 41.8 Å². The Balaban J connectivity index is 1.53. The first-order chi connectivity index (χ1) is 15.7. The summed E-state index contributed by atoms with van der Waals surface area (Å²) in [5.74, 6) is 1.85. The lowest BCUT2D eigenvalue weighted by Crippen LogP contribution is -2.25. The first kappa shape index (κ1) is 20.3. The van der Waals surface area contributed by atoms with Crippen molar-refractivity contribution in [3.05, 3.63) is 89.7 Å². The first-order valence-electron chi connectivity index (χ1n) is 11.2. The molecule has 1 fully saturated rings. The van der Waals surface area contributed by atoms with Gasteiger partial charge in [0.25, 0.3) is 0 Å². The zero-order valence-electron chi connectivity index (χ0n) is 18.5. The number of nitrogens with zero attached hydrogens (tertiary/aromatic N) is 3. The van der Waals surface area contributed by atoms with E-state index in [9.17, 15) is 4.79 Å². The average Bonchev–Trinajstić information content (AvgIpc) is 3.36. The Morgan fingerprint density at radius 1 is 1.00 bits per heavy atom. The molecule has 0 aliphatic carbocycles. The van der Waals surface area contributed by atoms with Crippen molar-refractivity contribution in [3.63, 3.8) is 0 Å². The van der Waals surface area contributed by atoms with Crippen molar-refractivity contribution in [3.8, 4) is 5.75 Å². The Kier molecular flexibility index (Phi) is 5.39. The summed E-state index contributed by atoms with van der Waals surface area (Å²) >= 11 is 0. The molecule has 0 unspecified atom stereocenters. The van der Waals surface area contributed by atoms with Gasteiger partial charge in [-0.1, -0.05) is 48.5 Å². The highest BCUT2D eigenvalue weighted by Gasteiger charge is 2.36.